The van der Waals surface area contributed by atoms with Gasteiger partial charge in [0.2, 0.25) is 0 Å². The highest BCUT2D eigenvalue weighted by Crippen LogP contribution is 2.36. The van der Waals surface area contributed by atoms with Crippen molar-refractivity contribution in [1.82, 2.24) is 31.7 Å². The van der Waals surface area contributed by atoms with Crippen LogP contribution in [0.5, 0.6) is 0 Å². The number of hydrogen-bond donors (Lipinski definition) is 5. The Bertz CT molecular complexity index is 1240. The van der Waals surface area contributed by atoms with Crippen molar-refractivity contribution in [1.29, 1.82) is 0 Å². The minimum absolute atomic E-state index is 0.0790. The Hall–Kier alpha value is -3.31. The molecule has 11 nitrogen and oxygen atoms in total. The van der Waals surface area contributed by atoms with Gasteiger partial charge in [0, 0.05) is 39.8 Å². The fourth-order valence-electron chi connectivity index (χ4n) is 7.10. The molecule has 40 heavy (non-hydrogen) atoms. The molecular formula is C29H42N6O5. The first-order valence-corrected chi connectivity index (χ1v) is 13.8. The quantitative estimate of drug-likeness (QED) is 0.217. The van der Waals surface area contributed by atoms with E-state index in [1.165, 1.54) is 23.1 Å². The molecule has 0 aliphatic carbocycles. The van der Waals surface area contributed by atoms with Crippen molar-refractivity contribution in [2.45, 2.75) is 115 Å². The van der Waals surface area contributed by atoms with Crippen molar-refractivity contribution in [3.63, 3.8) is 0 Å². The van der Waals surface area contributed by atoms with Crippen molar-refractivity contribution >= 4 is 29.5 Å². The summed E-state index contributed by atoms with van der Waals surface area (Å²) in [5, 5.41) is 9.82. The number of hydrazine groups is 1. The third-order valence-corrected chi connectivity index (χ3v) is 7.74. The fourth-order valence-corrected chi connectivity index (χ4v) is 7.10. The molecule has 1 aromatic rings. The smallest absolute Gasteiger partial charge is 0.327 e. The molecule has 218 valence electrons. The van der Waals surface area contributed by atoms with E-state index in [4.69, 9.17) is 0 Å². The molecule has 4 rings (SSSR count). The zero-order valence-electron chi connectivity index (χ0n) is 24.7. The maximum Gasteiger partial charge on any atom is 0.327 e. The number of piperidine rings is 2. The molecule has 2 fully saturated rings. The van der Waals surface area contributed by atoms with Crippen molar-refractivity contribution in [2.24, 2.45) is 0 Å². The van der Waals surface area contributed by atoms with Gasteiger partial charge in [-0.05, 0) is 99.3 Å². The molecule has 5 N–H and O–H groups in total. The summed E-state index contributed by atoms with van der Waals surface area (Å²) >= 11 is 0. The molecule has 0 aromatic heterocycles. The number of imide groups is 1. The number of nitrogens with one attached hydrogen (secondary N) is 5. The Morgan fingerprint density at radius 2 is 1.23 bits per heavy atom. The second-order valence-electron chi connectivity index (χ2n) is 14.1. The van der Waals surface area contributed by atoms with Gasteiger partial charge in [0.1, 0.15) is 0 Å². The van der Waals surface area contributed by atoms with Gasteiger partial charge in [0.05, 0.1) is 11.1 Å². The number of carbonyl (C=O) groups excluding carboxylic acids is 5. The number of carbonyl (C=O) groups is 5. The van der Waals surface area contributed by atoms with E-state index in [0.717, 1.165) is 0 Å². The second kappa shape index (κ2) is 9.95. The summed E-state index contributed by atoms with van der Waals surface area (Å²) in [6.07, 6.45) is 2.51. The molecule has 0 bridgehead atoms. The first-order chi connectivity index (χ1) is 18.3. The van der Waals surface area contributed by atoms with Crippen molar-refractivity contribution < 1.29 is 24.0 Å². The Morgan fingerprint density at radius 1 is 0.725 bits per heavy atom. The van der Waals surface area contributed by atoms with Gasteiger partial charge in [0.15, 0.2) is 0 Å². The van der Waals surface area contributed by atoms with Gasteiger partial charge in [-0.3, -0.25) is 39.7 Å². The first kappa shape index (κ1) is 29.7. The van der Waals surface area contributed by atoms with E-state index < -0.39 is 23.6 Å². The van der Waals surface area contributed by atoms with E-state index in [9.17, 15) is 24.0 Å². The largest absolute Gasteiger partial charge is 0.345 e. The lowest BCUT2D eigenvalue weighted by Gasteiger charge is -2.48. The minimum atomic E-state index is -1.00. The molecule has 0 atom stereocenters. The van der Waals surface area contributed by atoms with Crippen molar-refractivity contribution in [3.05, 3.63) is 34.9 Å². The van der Waals surface area contributed by atoms with Gasteiger partial charge in [-0.2, -0.15) is 0 Å². The fraction of sp³-hybridized carbons (Fsp3) is 0.621. The zero-order valence-corrected chi connectivity index (χ0v) is 24.7. The van der Waals surface area contributed by atoms with Gasteiger partial charge in [-0.25, -0.2) is 0 Å². The van der Waals surface area contributed by atoms with Crippen LogP contribution in [0.1, 0.15) is 112 Å². The summed E-state index contributed by atoms with van der Waals surface area (Å²) in [5.74, 6) is -3.38. The molecule has 5 amide bonds. The van der Waals surface area contributed by atoms with Gasteiger partial charge in [0.25, 0.3) is 17.7 Å². The molecule has 0 unspecified atom stereocenters. The van der Waals surface area contributed by atoms with Crippen LogP contribution in [0.3, 0.4) is 0 Å². The van der Waals surface area contributed by atoms with E-state index in [-0.39, 0.29) is 56.8 Å². The van der Waals surface area contributed by atoms with Crippen LogP contribution >= 0.6 is 0 Å². The van der Waals surface area contributed by atoms with Crippen LogP contribution in [-0.2, 0) is 9.59 Å². The Labute approximate surface area is 235 Å². The number of nitrogens with zero attached hydrogens (tertiary/aromatic N) is 1. The molecule has 2 saturated heterocycles. The van der Waals surface area contributed by atoms with Crippen molar-refractivity contribution in [2.75, 3.05) is 0 Å². The summed E-state index contributed by atoms with van der Waals surface area (Å²) in [7, 11) is 0. The Balaban J connectivity index is 1.38. The van der Waals surface area contributed by atoms with E-state index >= 15 is 0 Å². The standard InChI is InChI=1S/C29H42N6O5/c1-26(2)12-17(13-27(3,4)33-26)30-22(37)23(38)32-31-21(36)16-9-10-19-20(11-16)25(40)35(24(19)39)18-14-28(5,6)34-29(7,8)15-18/h9-11,17-18,33-34H,12-15H2,1-8H3,(H,30,37)(H,31,36)(H,32,38). The third kappa shape index (κ3) is 6.36. The van der Waals surface area contributed by atoms with Crippen LogP contribution in [0.4, 0.5) is 0 Å². The minimum Gasteiger partial charge on any atom is -0.345 e. The maximum absolute atomic E-state index is 13.4. The van der Waals surface area contributed by atoms with E-state index in [2.05, 4.69) is 26.8 Å². The number of fused-ring (bicyclic) bond motifs is 1. The monoisotopic (exact) mass is 554 g/mol. The molecule has 0 radical (unpaired) electrons. The summed E-state index contributed by atoms with van der Waals surface area (Å²) in [5.41, 5.74) is 3.88. The van der Waals surface area contributed by atoms with E-state index in [1.807, 2.05) is 55.4 Å². The molecule has 0 saturated carbocycles. The number of benzene rings is 1. The van der Waals surface area contributed by atoms with Crippen LogP contribution in [0, 0.1) is 0 Å². The van der Waals surface area contributed by atoms with Crippen LogP contribution < -0.4 is 26.8 Å². The molecule has 1 aromatic carbocycles. The summed E-state index contributed by atoms with van der Waals surface area (Å²) in [6.45, 7) is 16.3. The maximum atomic E-state index is 13.4. The van der Waals surface area contributed by atoms with Crippen LogP contribution in [-0.4, -0.2) is 68.7 Å². The van der Waals surface area contributed by atoms with Gasteiger partial charge >= 0.3 is 11.8 Å². The Morgan fingerprint density at radius 3 is 1.77 bits per heavy atom. The molecule has 11 heteroatoms. The lowest BCUT2D eigenvalue weighted by molar-refractivity contribution is -0.140. The van der Waals surface area contributed by atoms with Gasteiger partial charge in [-0.15, -0.1) is 0 Å². The first-order valence-electron chi connectivity index (χ1n) is 13.8. The highest BCUT2D eigenvalue weighted by molar-refractivity contribution is 6.35. The van der Waals surface area contributed by atoms with E-state index in [1.54, 1.807) is 0 Å². The molecular weight excluding hydrogens is 512 g/mol. The topological polar surface area (TPSA) is 149 Å². The number of hydrogen-bond acceptors (Lipinski definition) is 7. The molecule has 0 spiro atoms. The van der Waals surface area contributed by atoms with Crippen molar-refractivity contribution in [3.8, 4) is 0 Å². The molecule has 3 aliphatic heterocycles. The van der Waals surface area contributed by atoms with E-state index in [0.29, 0.717) is 25.7 Å². The summed E-state index contributed by atoms with van der Waals surface area (Å²) < 4.78 is 0. The second-order valence-corrected chi connectivity index (χ2v) is 14.1. The molecule has 3 heterocycles. The van der Waals surface area contributed by atoms with Gasteiger partial charge < -0.3 is 16.0 Å². The summed E-state index contributed by atoms with van der Waals surface area (Å²) in [6, 6.07) is 3.74. The summed E-state index contributed by atoms with van der Waals surface area (Å²) in [4.78, 5) is 65.6. The van der Waals surface area contributed by atoms with Crippen LogP contribution in [0.2, 0.25) is 0 Å². The Kier molecular flexibility index (Phi) is 7.38. The molecule has 3 aliphatic rings. The predicted molar refractivity (Wildman–Crippen MR) is 149 cm³/mol. The average molecular weight is 555 g/mol. The highest BCUT2D eigenvalue weighted by atomic mass is 16.2. The number of rotatable bonds is 3. The SMILES string of the molecule is CC1(C)CC(NC(=O)C(=O)NNC(=O)c2ccc3c(c2)C(=O)N(C2CC(C)(C)NC(C)(C)C2)C3=O)CC(C)(C)N1. The predicted octanol–water partition coefficient (Wildman–Crippen LogP) is 1.78. The third-order valence-electron chi connectivity index (χ3n) is 7.74. The highest BCUT2D eigenvalue weighted by Gasteiger charge is 2.47. The zero-order chi connectivity index (χ0) is 29.8. The normalized spacial score (nSPS) is 23.4. The number of amides is 5. The van der Waals surface area contributed by atoms with Gasteiger partial charge in [-0.1, -0.05) is 0 Å². The lowest BCUT2D eigenvalue weighted by atomic mass is 9.79. The van der Waals surface area contributed by atoms with Crippen LogP contribution in [0.15, 0.2) is 18.2 Å². The average Bonchev–Trinajstić information content (AvgIpc) is 3.02. The lowest BCUT2D eigenvalue weighted by Crippen LogP contribution is -2.63. The van der Waals surface area contributed by atoms with Crippen LogP contribution in [0.25, 0.3) is 0 Å².